The maximum absolute atomic E-state index is 5.92. The number of benzene rings is 1. The number of aryl methyl sites for hydroxylation is 1. The first-order valence-electron chi connectivity index (χ1n) is 6.97. The standard InChI is InChI=1S/C15H19ClN4/c1-11-14(10-20-8-6-17-7-9-20)19-15(18-11)12-2-4-13(16)5-3-12/h2-5,17H,6-10H2,1H3,(H,18,19). The van der Waals surface area contributed by atoms with E-state index in [0.29, 0.717) is 0 Å². The van der Waals surface area contributed by atoms with Gasteiger partial charge in [0.25, 0.3) is 0 Å². The number of halogens is 1. The number of hydrogen-bond donors (Lipinski definition) is 2. The smallest absolute Gasteiger partial charge is 0.137 e. The second-order valence-corrected chi connectivity index (χ2v) is 5.63. The maximum Gasteiger partial charge on any atom is 0.137 e. The Morgan fingerprint density at radius 2 is 1.90 bits per heavy atom. The molecule has 0 saturated carbocycles. The summed E-state index contributed by atoms with van der Waals surface area (Å²) in [6.45, 7) is 7.30. The molecule has 0 aliphatic carbocycles. The molecule has 2 aromatic rings. The summed E-state index contributed by atoms with van der Waals surface area (Å²) in [5.41, 5.74) is 3.36. The molecule has 2 N–H and O–H groups in total. The van der Waals surface area contributed by atoms with Crippen molar-refractivity contribution in [3.63, 3.8) is 0 Å². The highest BCUT2D eigenvalue weighted by molar-refractivity contribution is 6.30. The third kappa shape index (κ3) is 3.03. The highest BCUT2D eigenvalue weighted by atomic mass is 35.5. The number of imidazole rings is 1. The molecular weight excluding hydrogens is 272 g/mol. The molecule has 106 valence electrons. The number of hydrogen-bond acceptors (Lipinski definition) is 3. The predicted molar refractivity (Wildman–Crippen MR) is 81.9 cm³/mol. The van der Waals surface area contributed by atoms with Crippen molar-refractivity contribution in [2.24, 2.45) is 0 Å². The van der Waals surface area contributed by atoms with Crippen LogP contribution in [0, 0.1) is 6.92 Å². The zero-order valence-corrected chi connectivity index (χ0v) is 12.4. The minimum atomic E-state index is 0.748. The average Bonchev–Trinajstić information content (AvgIpc) is 2.82. The fraction of sp³-hybridized carbons (Fsp3) is 0.400. The number of piperazine rings is 1. The van der Waals surface area contributed by atoms with Crippen molar-refractivity contribution in [1.29, 1.82) is 0 Å². The van der Waals surface area contributed by atoms with E-state index in [9.17, 15) is 0 Å². The van der Waals surface area contributed by atoms with E-state index >= 15 is 0 Å². The third-order valence-corrected chi connectivity index (χ3v) is 3.94. The van der Waals surface area contributed by atoms with Crippen molar-refractivity contribution in [3.8, 4) is 11.4 Å². The van der Waals surface area contributed by atoms with Gasteiger partial charge < -0.3 is 10.3 Å². The van der Waals surface area contributed by atoms with Gasteiger partial charge in [0.2, 0.25) is 0 Å². The van der Waals surface area contributed by atoms with Gasteiger partial charge >= 0.3 is 0 Å². The maximum atomic E-state index is 5.92. The van der Waals surface area contributed by atoms with Crippen LogP contribution in [0.25, 0.3) is 11.4 Å². The van der Waals surface area contributed by atoms with E-state index in [0.717, 1.165) is 60.5 Å². The van der Waals surface area contributed by atoms with Gasteiger partial charge in [-0.1, -0.05) is 11.6 Å². The van der Waals surface area contributed by atoms with Crippen LogP contribution in [0.2, 0.25) is 5.02 Å². The van der Waals surface area contributed by atoms with Crippen LogP contribution in [0.4, 0.5) is 0 Å². The Morgan fingerprint density at radius 1 is 1.20 bits per heavy atom. The van der Waals surface area contributed by atoms with Crippen molar-refractivity contribution in [2.75, 3.05) is 26.2 Å². The van der Waals surface area contributed by atoms with E-state index in [1.54, 1.807) is 0 Å². The molecule has 0 unspecified atom stereocenters. The van der Waals surface area contributed by atoms with Gasteiger partial charge in [0.15, 0.2) is 0 Å². The second kappa shape index (κ2) is 5.95. The van der Waals surface area contributed by atoms with Gasteiger partial charge in [-0.05, 0) is 31.2 Å². The van der Waals surface area contributed by atoms with Gasteiger partial charge in [-0.3, -0.25) is 4.90 Å². The van der Waals surface area contributed by atoms with Gasteiger partial charge in [0, 0.05) is 49.0 Å². The van der Waals surface area contributed by atoms with Gasteiger partial charge in [0.05, 0.1) is 5.69 Å². The van der Waals surface area contributed by atoms with E-state index < -0.39 is 0 Å². The van der Waals surface area contributed by atoms with E-state index in [1.165, 1.54) is 0 Å². The van der Waals surface area contributed by atoms with Crippen LogP contribution in [-0.4, -0.2) is 41.0 Å². The second-order valence-electron chi connectivity index (χ2n) is 5.19. The van der Waals surface area contributed by atoms with Gasteiger partial charge in [0.1, 0.15) is 5.82 Å². The zero-order chi connectivity index (χ0) is 13.9. The SMILES string of the molecule is Cc1[nH]c(-c2ccc(Cl)cc2)nc1CN1CCNCC1. The largest absolute Gasteiger partial charge is 0.342 e. The molecule has 1 aliphatic heterocycles. The van der Waals surface area contributed by atoms with Crippen LogP contribution in [-0.2, 0) is 6.54 Å². The van der Waals surface area contributed by atoms with Crippen LogP contribution in [0.1, 0.15) is 11.4 Å². The molecular formula is C15H19ClN4. The summed E-state index contributed by atoms with van der Waals surface area (Å²) in [6.07, 6.45) is 0. The molecule has 3 rings (SSSR count). The van der Waals surface area contributed by atoms with Crippen LogP contribution in [0.3, 0.4) is 0 Å². The van der Waals surface area contributed by atoms with Gasteiger partial charge in [-0.25, -0.2) is 4.98 Å². The summed E-state index contributed by atoms with van der Waals surface area (Å²) >= 11 is 5.92. The van der Waals surface area contributed by atoms with Crippen molar-refractivity contribution in [3.05, 3.63) is 40.7 Å². The van der Waals surface area contributed by atoms with E-state index in [4.69, 9.17) is 16.6 Å². The number of H-pyrrole nitrogens is 1. The first kappa shape index (κ1) is 13.6. The monoisotopic (exact) mass is 290 g/mol. The summed E-state index contributed by atoms with van der Waals surface area (Å²) in [5.74, 6) is 0.921. The lowest BCUT2D eigenvalue weighted by Crippen LogP contribution is -2.43. The molecule has 2 heterocycles. The summed E-state index contributed by atoms with van der Waals surface area (Å²) < 4.78 is 0. The van der Waals surface area contributed by atoms with Crippen molar-refractivity contribution in [2.45, 2.75) is 13.5 Å². The van der Waals surface area contributed by atoms with Gasteiger partial charge in [-0.15, -0.1) is 0 Å². The highest BCUT2D eigenvalue weighted by Gasteiger charge is 2.14. The number of aromatic nitrogens is 2. The summed E-state index contributed by atoms with van der Waals surface area (Å²) in [6, 6.07) is 7.78. The minimum absolute atomic E-state index is 0.748. The van der Waals surface area contributed by atoms with Crippen LogP contribution >= 0.6 is 11.6 Å². The van der Waals surface area contributed by atoms with Crippen LogP contribution < -0.4 is 5.32 Å². The number of rotatable bonds is 3. The van der Waals surface area contributed by atoms with E-state index in [-0.39, 0.29) is 0 Å². The van der Waals surface area contributed by atoms with Crippen molar-refractivity contribution >= 4 is 11.6 Å². The zero-order valence-electron chi connectivity index (χ0n) is 11.6. The van der Waals surface area contributed by atoms with Crippen LogP contribution in [0.5, 0.6) is 0 Å². The van der Waals surface area contributed by atoms with Crippen LogP contribution in [0.15, 0.2) is 24.3 Å². The topological polar surface area (TPSA) is 44.0 Å². The molecule has 0 amide bonds. The molecule has 0 radical (unpaired) electrons. The molecule has 4 nitrogen and oxygen atoms in total. The average molecular weight is 291 g/mol. The van der Waals surface area contributed by atoms with Gasteiger partial charge in [-0.2, -0.15) is 0 Å². The molecule has 5 heteroatoms. The van der Waals surface area contributed by atoms with E-state index in [2.05, 4.69) is 22.1 Å². The molecule has 0 bridgehead atoms. The number of aromatic amines is 1. The Balaban J connectivity index is 1.78. The molecule has 1 aliphatic rings. The predicted octanol–water partition coefficient (Wildman–Crippen LogP) is 2.44. The molecule has 20 heavy (non-hydrogen) atoms. The molecule has 1 aromatic heterocycles. The number of nitrogens with zero attached hydrogens (tertiary/aromatic N) is 2. The Morgan fingerprint density at radius 3 is 2.60 bits per heavy atom. The number of nitrogens with one attached hydrogen (secondary N) is 2. The Labute approximate surface area is 124 Å². The Kier molecular flexibility index (Phi) is 4.05. The molecule has 1 fully saturated rings. The Bertz CT molecular complexity index is 570. The normalized spacial score (nSPS) is 16.5. The summed E-state index contributed by atoms with van der Waals surface area (Å²) in [5, 5.41) is 4.12. The summed E-state index contributed by atoms with van der Waals surface area (Å²) in [7, 11) is 0. The molecule has 0 atom stereocenters. The lowest BCUT2D eigenvalue weighted by Gasteiger charge is -2.26. The lowest BCUT2D eigenvalue weighted by atomic mass is 10.2. The Hall–Kier alpha value is -1.36. The van der Waals surface area contributed by atoms with E-state index in [1.807, 2.05) is 24.3 Å². The minimum Gasteiger partial charge on any atom is -0.342 e. The highest BCUT2D eigenvalue weighted by Crippen LogP contribution is 2.21. The lowest BCUT2D eigenvalue weighted by molar-refractivity contribution is 0.230. The molecule has 0 spiro atoms. The van der Waals surface area contributed by atoms with Crippen molar-refractivity contribution < 1.29 is 0 Å². The quantitative estimate of drug-likeness (QED) is 0.912. The third-order valence-electron chi connectivity index (χ3n) is 3.69. The molecule has 1 aromatic carbocycles. The summed E-state index contributed by atoms with van der Waals surface area (Å²) in [4.78, 5) is 10.6. The first-order chi connectivity index (χ1) is 9.72. The fourth-order valence-electron chi connectivity index (χ4n) is 2.48. The first-order valence-corrected chi connectivity index (χ1v) is 7.34. The fourth-order valence-corrected chi connectivity index (χ4v) is 2.60. The molecule has 1 saturated heterocycles. The van der Waals surface area contributed by atoms with Crippen molar-refractivity contribution in [1.82, 2.24) is 20.2 Å².